The average molecular weight is 431 g/mol. The molecule has 0 aliphatic carbocycles. The van der Waals surface area contributed by atoms with Gasteiger partial charge in [-0.15, -0.1) is 0 Å². The summed E-state index contributed by atoms with van der Waals surface area (Å²) in [6.07, 6.45) is 0.769. The zero-order valence-electron chi connectivity index (χ0n) is 14.2. The molecule has 0 fully saturated rings. The van der Waals surface area contributed by atoms with Crippen LogP contribution in [0.3, 0.4) is 0 Å². The van der Waals surface area contributed by atoms with Crippen LogP contribution < -0.4 is 10.2 Å². The second-order valence-corrected chi connectivity index (χ2v) is 7.38. The molecule has 1 aliphatic heterocycles. The van der Waals surface area contributed by atoms with Gasteiger partial charge in [-0.05, 0) is 42.8 Å². The highest BCUT2D eigenvalue weighted by molar-refractivity contribution is 9.10. The summed E-state index contributed by atoms with van der Waals surface area (Å²) in [4.78, 5) is 4.56. The lowest BCUT2D eigenvalue weighted by molar-refractivity contribution is 0.340. The zero-order valence-corrected chi connectivity index (χ0v) is 16.5. The maximum absolute atomic E-state index is 6.48. The number of hydrogen-bond acceptors (Lipinski definition) is 4. The number of rotatable bonds is 4. The molecule has 1 unspecified atom stereocenters. The molecule has 0 amide bonds. The van der Waals surface area contributed by atoms with Crippen LogP contribution in [0.25, 0.3) is 10.9 Å². The van der Waals surface area contributed by atoms with E-state index in [-0.39, 0.29) is 6.04 Å². The van der Waals surface area contributed by atoms with Crippen molar-refractivity contribution in [3.63, 3.8) is 0 Å². The van der Waals surface area contributed by atoms with E-state index in [1.54, 1.807) is 0 Å². The maximum atomic E-state index is 6.48. The van der Waals surface area contributed by atoms with Crippen molar-refractivity contribution in [2.75, 3.05) is 6.61 Å². The fraction of sp³-hybridized carbons (Fsp3) is 0.200. The summed E-state index contributed by atoms with van der Waals surface area (Å²) < 4.78 is 6.59. The van der Waals surface area contributed by atoms with Crippen molar-refractivity contribution >= 4 is 44.1 Å². The summed E-state index contributed by atoms with van der Waals surface area (Å²) in [5, 5.41) is 6.03. The van der Waals surface area contributed by atoms with Crippen LogP contribution in [0.1, 0.15) is 30.5 Å². The number of nitrogens with zero attached hydrogens (tertiary/aromatic N) is 2. The Hall–Kier alpha value is -2.11. The average Bonchev–Trinajstić information content (AvgIpc) is 3.12. The molecule has 2 aromatic carbocycles. The van der Waals surface area contributed by atoms with Gasteiger partial charge in [-0.3, -0.25) is 0 Å². The number of aromatic nitrogens is 1. The minimum absolute atomic E-state index is 0.0182. The van der Waals surface area contributed by atoms with E-state index in [4.69, 9.17) is 16.3 Å². The van der Waals surface area contributed by atoms with Gasteiger partial charge in [0.15, 0.2) is 0 Å². The Morgan fingerprint density at radius 3 is 2.77 bits per heavy atom. The normalized spacial score (nSPS) is 16.4. The van der Waals surface area contributed by atoms with Gasteiger partial charge in [0.2, 0.25) is 0 Å². The number of hydrazone groups is 1. The van der Waals surface area contributed by atoms with Gasteiger partial charge in [-0.25, -0.2) is 4.98 Å². The van der Waals surface area contributed by atoms with Gasteiger partial charge in [-0.1, -0.05) is 39.7 Å². The van der Waals surface area contributed by atoms with E-state index < -0.39 is 0 Å². The van der Waals surface area contributed by atoms with E-state index in [0.29, 0.717) is 11.8 Å². The van der Waals surface area contributed by atoms with Crippen molar-refractivity contribution in [3.05, 3.63) is 69.3 Å². The lowest BCUT2D eigenvalue weighted by Crippen LogP contribution is -2.11. The second kappa shape index (κ2) is 7.25. The van der Waals surface area contributed by atoms with E-state index in [2.05, 4.69) is 49.6 Å². The SMILES string of the molecule is CCOc1ccc2cc(C3CC(c4ccc(Br)cc4)=NN3)c(Cl)nc2c1. The molecule has 2 heterocycles. The van der Waals surface area contributed by atoms with Crippen molar-refractivity contribution in [1.29, 1.82) is 0 Å². The number of nitrogens with one attached hydrogen (secondary N) is 1. The standard InChI is InChI=1S/C20H17BrClN3O/c1-2-26-15-8-5-13-9-16(20(22)23-17(13)10-15)19-11-18(24-25-19)12-3-6-14(21)7-4-12/h3-10,19,25H,2,11H2,1H3. The van der Waals surface area contributed by atoms with Crippen molar-refractivity contribution in [1.82, 2.24) is 10.4 Å². The van der Waals surface area contributed by atoms with Crippen LogP contribution in [0.5, 0.6) is 5.75 Å². The summed E-state index contributed by atoms with van der Waals surface area (Å²) >= 11 is 9.94. The molecule has 132 valence electrons. The van der Waals surface area contributed by atoms with Gasteiger partial charge in [0.05, 0.1) is 23.9 Å². The molecule has 3 aromatic rings. The molecule has 6 heteroatoms. The topological polar surface area (TPSA) is 46.5 Å². The Balaban J connectivity index is 1.60. The molecular weight excluding hydrogens is 414 g/mol. The van der Waals surface area contributed by atoms with Crippen LogP contribution in [0.15, 0.2) is 58.1 Å². The molecular formula is C20H17BrClN3O. The van der Waals surface area contributed by atoms with E-state index >= 15 is 0 Å². The van der Waals surface area contributed by atoms with Crippen LogP contribution in [0.2, 0.25) is 5.15 Å². The Morgan fingerprint density at radius 2 is 2.00 bits per heavy atom. The number of hydrogen-bond donors (Lipinski definition) is 1. The van der Waals surface area contributed by atoms with Gasteiger partial charge in [0.1, 0.15) is 10.9 Å². The highest BCUT2D eigenvalue weighted by Crippen LogP contribution is 2.32. The summed E-state index contributed by atoms with van der Waals surface area (Å²) in [5.41, 5.74) is 7.11. The molecule has 0 radical (unpaired) electrons. The minimum Gasteiger partial charge on any atom is -0.494 e. The first kappa shape index (κ1) is 17.3. The summed E-state index contributed by atoms with van der Waals surface area (Å²) in [7, 11) is 0. The van der Waals surface area contributed by atoms with Crippen molar-refractivity contribution in [2.45, 2.75) is 19.4 Å². The summed E-state index contributed by atoms with van der Waals surface area (Å²) in [6, 6.07) is 16.1. The van der Waals surface area contributed by atoms with Crippen molar-refractivity contribution in [3.8, 4) is 5.75 Å². The number of ether oxygens (including phenoxy) is 1. The number of pyridine rings is 1. The first-order chi connectivity index (χ1) is 12.6. The van der Waals surface area contributed by atoms with Crippen LogP contribution in [-0.2, 0) is 0 Å². The van der Waals surface area contributed by atoms with Gasteiger partial charge >= 0.3 is 0 Å². The highest BCUT2D eigenvalue weighted by Gasteiger charge is 2.24. The van der Waals surface area contributed by atoms with Crippen LogP contribution in [-0.4, -0.2) is 17.3 Å². The monoisotopic (exact) mass is 429 g/mol. The van der Waals surface area contributed by atoms with Gasteiger partial charge in [0, 0.05) is 27.9 Å². The van der Waals surface area contributed by atoms with E-state index in [1.807, 2.05) is 37.3 Å². The van der Waals surface area contributed by atoms with Crippen molar-refractivity contribution in [2.24, 2.45) is 5.10 Å². The fourth-order valence-corrected chi connectivity index (χ4v) is 3.63. The largest absolute Gasteiger partial charge is 0.494 e. The lowest BCUT2D eigenvalue weighted by Gasteiger charge is -2.13. The van der Waals surface area contributed by atoms with Crippen molar-refractivity contribution < 1.29 is 4.74 Å². The molecule has 26 heavy (non-hydrogen) atoms. The van der Waals surface area contributed by atoms with Gasteiger partial charge in [0.25, 0.3) is 0 Å². The Morgan fingerprint density at radius 1 is 1.19 bits per heavy atom. The molecule has 4 nitrogen and oxygen atoms in total. The third-order valence-electron chi connectivity index (χ3n) is 4.39. The van der Waals surface area contributed by atoms with E-state index in [0.717, 1.165) is 44.4 Å². The number of benzene rings is 2. The predicted molar refractivity (Wildman–Crippen MR) is 109 cm³/mol. The molecule has 1 aliphatic rings. The summed E-state index contributed by atoms with van der Waals surface area (Å²) in [5.74, 6) is 0.802. The fourth-order valence-electron chi connectivity index (χ4n) is 3.09. The molecule has 0 bridgehead atoms. The second-order valence-electron chi connectivity index (χ2n) is 6.11. The molecule has 0 saturated heterocycles. The first-order valence-electron chi connectivity index (χ1n) is 8.45. The molecule has 0 saturated carbocycles. The third-order valence-corrected chi connectivity index (χ3v) is 5.22. The van der Waals surface area contributed by atoms with Gasteiger partial charge in [-0.2, -0.15) is 5.10 Å². The molecule has 1 atom stereocenters. The minimum atomic E-state index is 0.0182. The molecule has 0 spiro atoms. The highest BCUT2D eigenvalue weighted by atomic mass is 79.9. The predicted octanol–water partition coefficient (Wildman–Crippen LogP) is 5.49. The smallest absolute Gasteiger partial charge is 0.135 e. The zero-order chi connectivity index (χ0) is 18.1. The van der Waals surface area contributed by atoms with Crippen LogP contribution >= 0.6 is 27.5 Å². The lowest BCUT2D eigenvalue weighted by atomic mass is 9.99. The summed E-state index contributed by atoms with van der Waals surface area (Å²) in [6.45, 7) is 2.59. The maximum Gasteiger partial charge on any atom is 0.135 e. The van der Waals surface area contributed by atoms with E-state index in [1.165, 1.54) is 0 Å². The molecule has 1 N–H and O–H groups in total. The Bertz CT molecular complexity index is 988. The van der Waals surface area contributed by atoms with Crippen LogP contribution in [0.4, 0.5) is 0 Å². The number of fused-ring (bicyclic) bond motifs is 1. The Labute approximate surface area is 165 Å². The van der Waals surface area contributed by atoms with Crippen LogP contribution in [0, 0.1) is 0 Å². The molecule has 1 aromatic heterocycles. The molecule has 4 rings (SSSR count). The van der Waals surface area contributed by atoms with E-state index in [9.17, 15) is 0 Å². The van der Waals surface area contributed by atoms with Gasteiger partial charge < -0.3 is 10.2 Å². The quantitative estimate of drug-likeness (QED) is 0.557. The first-order valence-corrected chi connectivity index (χ1v) is 9.62. The number of halogens is 2. The Kier molecular flexibility index (Phi) is 4.83. The third kappa shape index (κ3) is 3.41.